The van der Waals surface area contributed by atoms with Crippen LogP contribution >= 0.6 is 15.9 Å². The summed E-state index contributed by atoms with van der Waals surface area (Å²) in [6.45, 7) is 2.19. The zero-order valence-corrected chi connectivity index (χ0v) is 11.3. The molecule has 0 aliphatic heterocycles. The minimum atomic E-state index is -0.893. The van der Waals surface area contributed by atoms with Crippen molar-refractivity contribution in [2.45, 2.75) is 32.2 Å². The van der Waals surface area contributed by atoms with Gasteiger partial charge < -0.3 is 10.4 Å². The molecule has 0 heterocycles. The molecule has 2 atom stereocenters. The molecule has 1 aliphatic rings. The van der Waals surface area contributed by atoms with Gasteiger partial charge >= 0.3 is 5.97 Å². The van der Waals surface area contributed by atoms with Gasteiger partial charge in [-0.25, -0.2) is 4.79 Å². The number of carbonyl (C=O) groups is 1. The second kappa shape index (κ2) is 5.08. The van der Waals surface area contributed by atoms with Gasteiger partial charge in [0.2, 0.25) is 0 Å². The van der Waals surface area contributed by atoms with E-state index in [0.29, 0.717) is 11.6 Å². The largest absolute Gasteiger partial charge is 0.478 e. The summed E-state index contributed by atoms with van der Waals surface area (Å²) in [4.78, 5) is 10.9. The Bertz CT molecular complexity index is 433. The first-order valence-electron chi connectivity index (χ1n) is 5.90. The van der Waals surface area contributed by atoms with Crippen LogP contribution in [-0.2, 0) is 0 Å². The topological polar surface area (TPSA) is 49.3 Å². The fraction of sp³-hybridized carbons (Fsp3) is 0.462. The molecule has 1 aromatic carbocycles. The summed E-state index contributed by atoms with van der Waals surface area (Å²) in [5.74, 6) is -0.137. The number of halogens is 1. The molecule has 0 aromatic heterocycles. The highest BCUT2D eigenvalue weighted by Crippen LogP contribution is 2.37. The molecule has 4 heteroatoms. The first-order valence-corrected chi connectivity index (χ1v) is 6.70. The Balaban J connectivity index is 2.04. The maximum Gasteiger partial charge on any atom is 0.335 e. The van der Waals surface area contributed by atoms with Crippen LogP contribution in [0.15, 0.2) is 22.7 Å². The fourth-order valence-electron chi connectivity index (χ4n) is 2.12. The molecule has 0 bridgehead atoms. The number of carboxylic acids is 1. The summed E-state index contributed by atoms with van der Waals surface area (Å²) in [6.07, 6.45) is 3.65. The number of hydrogen-bond acceptors (Lipinski definition) is 2. The van der Waals surface area contributed by atoms with E-state index in [1.807, 2.05) is 6.07 Å². The molecular formula is C13H16BrNO2. The van der Waals surface area contributed by atoms with Crippen LogP contribution in [-0.4, -0.2) is 17.1 Å². The van der Waals surface area contributed by atoms with Gasteiger partial charge in [0.25, 0.3) is 0 Å². The summed E-state index contributed by atoms with van der Waals surface area (Å²) in [5.41, 5.74) is 1.20. The molecule has 2 N–H and O–H groups in total. The number of benzene rings is 1. The minimum absolute atomic E-state index is 0.314. The van der Waals surface area contributed by atoms with E-state index < -0.39 is 5.97 Å². The van der Waals surface area contributed by atoms with E-state index in [1.165, 1.54) is 19.3 Å². The van der Waals surface area contributed by atoms with E-state index in [1.54, 1.807) is 12.1 Å². The van der Waals surface area contributed by atoms with Crippen molar-refractivity contribution in [3.05, 3.63) is 28.2 Å². The van der Waals surface area contributed by atoms with E-state index in [-0.39, 0.29) is 0 Å². The SMILES string of the molecule is CCCC1CC1Nc1cc(Br)cc(C(=O)O)c1. The van der Waals surface area contributed by atoms with Crippen LogP contribution in [0.2, 0.25) is 0 Å². The minimum Gasteiger partial charge on any atom is -0.478 e. The average Bonchev–Trinajstić information content (AvgIpc) is 2.96. The third kappa shape index (κ3) is 3.22. The smallest absolute Gasteiger partial charge is 0.335 e. The number of rotatable bonds is 5. The maximum absolute atomic E-state index is 10.9. The predicted molar refractivity (Wildman–Crippen MR) is 71.5 cm³/mol. The highest BCUT2D eigenvalue weighted by Gasteiger charge is 2.35. The third-order valence-electron chi connectivity index (χ3n) is 3.08. The summed E-state index contributed by atoms with van der Waals surface area (Å²) < 4.78 is 0.799. The second-order valence-corrected chi connectivity index (χ2v) is 5.48. The fourth-order valence-corrected chi connectivity index (χ4v) is 2.62. The zero-order chi connectivity index (χ0) is 12.4. The van der Waals surface area contributed by atoms with Crippen LogP contribution in [0.3, 0.4) is 0 Å². The van der Waals surface area contributed by atoms with Gasteiger partial charge in [-0.3, -0.25) is 0 Å². The molecular weight excluding hydrogens is 282 g/mol. The van der Waals surface area contributed by atoms with Crippen molar-refractivity contribution in [1.29, 1.82) is 0 Å². The van der Waals surface area contributed by atoms with Crippen LogP contribution in [0.1, 0.15) is 36.5 Å². The first-order chi connectivity index (χ1) is 8.10. The van der Waals surface area contributed by atoms with Gasteiger partial charge in [0.15, 0.2) is 0 Å². The van der Waals surface area contributed by atoms with Gasteiger partial charge in [-0.1, -0.05) is 29.3 Å². The van der Waals surface area contributed by atoms with E-state index >= 15 is 0 Å². The van der Waals surface area contributed by atoms with Gasteiger partial charge in [0, 0.05) is 16.2 Å². The van der Waals surface area contributed by atoms with Gasteiger partial charge in [-0.2, -0.15) is 0 Å². The van der Waals surface area contributed by atoms with Crippen LogP contribution in [0.25, 0.3) is 0 Å². The Morgan fingerprint density at radius 2 is 2.29 bits per heavy atom. The number of anilines is 1. The molecule has 0 saturated heterocycles. The summed E-state index contributed by atoms with van der Waals surface area (Å²) in [6, 6.07) is 5.75. The summed E-state index contributed by atoms with van der Waals surface area (Å²) in [5, 5.41) is 12.4. The molecule has 0 amide bonds. The van der Waals surface area contributed by atoms with Crippen molar-refractivity contribution >= 4 is 27.6 Å². The number of hydrogen-bond donors (Lipinski definition) is 2. The lowest BCUT2D eigenvalue weighted by molar-refractivity contribution is 0.0697. The molecule has 0 radical (unpaired) electrons. The van der Waals surface area contributed by atoms with Crippen LogP contribution in [0.4, 0.5) is 5.69 Å². The Hall–Kier alpha value is -1.03. The Labute approximate surface area is 109 Å². The third-order valence-corrected chi connectivity index (χ3v) is 3.54. The maximum atomic E-state index is 10.9. The predicted octanol–water partition coefficient (Wildman–Crippen LogP) is 3.75. The number of nitrogens with one attached hydrogen (secondary N) is 1. The van der Waals surface area contributed by atoms with E-state index in [9.17, 15) is 4.79 Å². The molecule has 17 heavy (non-hydrogen) atoms. The van der Waals surface area contributed by atoms with Gasteiger partial charge in [0.05, 0.1) is 5.56 Å². The zero-order valence-electron chi connectivity index (χ0n) is 9.74. The molecule has 2 unspecified atom stereocenters. The number of carboxylic acid groups (broad SMARTS) is 1. The van der Waals surface area contributed by atoms with E-state index in [4.69, 9.17) is 5.11 Å². The lowest BCUT2D eigenvalue weighted by Gasteiger charge is -2.07. The van der Waals surface area contributed by atoms with Gasteiger partial charge in [-0.15, -0.1) is 0 Å². The quantitative estimate of drug-likeness (QED) is 0.870. The summed E-state index contributed by atoms with van der Waals surface area (Å²) in [7, 11) is 0. The summed E-state index contributed by atoms with van der Waals surface area (Å²) >= 11 is 3.33. The standard InChI is InChI=1S/C13H16BrNO2/c1-2-3-8-6-12(8)15-11-5-9(13(16)17)4-10(14)7-11/h4-5,7-8,12,15H,2-3,6H2,1H3,(H,16,17). The normalized spacial score (nSPS) is 22.2. The highest BCUT2D eigenvalue weighted by atomic mass is 79.9. The van der Waals surface area contributed by atoms with Crippen molar-refractivity contribution in [2.75, 3.05) is 5.32 Å². The molecule has 2 rings (SSSR count). The van der Waals surface area contributed by atoms with Crippen molar-refractivity contribution in [1.82, 2.24) is 0 Å². The van der Waals surface area contributed by atoms with Gasteiger partial charge in [-0.05, 0) is 37.0 Å². The highest BCUT2D eigenvalue weighted by molar-refractivity contribution is 9.10. The molecule has 1 aliphatic carbocycles. The van der Waals surface area contributed by atoms with E-state index in [0.717, 1.165) is 16.1 Å². The van der Waals surface area contributed by atoms with Crippen LogP contribution in [0, 0.1) is 5.92 Å². The van der Waals surface area contributed by atoms with Crippen LogP contribution in [0.5, 0.6) is 0 Å². The second-order valence-electron chi connectivity index (χ2n) is 4.57. The molecule has 0 spiro atoms. The van der Waals surface area contributed by atoms with Crippen molar-refractivity contribution in [3.8, 4) is 0 Å². The number of aromatic carboxylic acids is 1. The lowest BCUT2D eigenvalue weighted by atomic mass is 10.2. The molecule has 1 aromatic rings. The van der Waals surface area contributed by atoms with E-state index in [2.05, 4.69) is 28.2 Å². The Kier molecular flexibility index (Phi) is 3.72. The molecule has 3 nitrogen and oxygen atoms in total. The average molecular weight is 298 g/mol. The van der Waals surface area contributed by atoms with Crippen molar-refractivity contribution in [2.24, 2.45) is 5.92 Å². The Morgan fingerprint density at radius 1 is 1.53 bits per heavy atom. The molecule has 1 saturated carbocycles. The lowest BCUT2D eigenvalue weighted by Crippen LogP contribution is -2.06. The monoisotopic (exact) mass is 297 g/mol. The first kappa shape index (κ1) is 12.4. The Morgan fingerprint density at radius 3 is 2.94 bits per heavy atom. The van der Waals surface area contributed by atoms with Gasteiger partial charge in [0.1, 0.15) is 0 Å². The molecule has 92 valence electrons. The van der Waals surface area contributed by atoms with Crippen LogP contribution < -0.4 is 5.32 Å². The van der Waals surface area contributed by atoms with Crippen molar-refractivity contribution < 1.29 is 9.90 Å². The molecule has 1 fully saturated rings. The van der Waals surface area contributed by atoms with Crippen molar-refractivity contribution in [3.63, 3.8) is 0 Å².